The first kappa shape index (κ1) is 16.4. The Hall–Kier alpha value is -0.950. The molecule has 0 saturated heterocycles. The lowest BCUT2D eigenvalue weighted by Crippen LogP contribution is -2.30. The van der Waals surface area contributed by atoms with Crippen LogP contribution < -0.4 is 16.0 Å². The second-order valence-corrected chi connectivity index (χ2v) is 6.53. The van der Waals surface area contributed by atoms with Crippen molar-refractivity contribution < 1.29 is 4.74 Å². The Labute approximate surface area is 141 Å². The minimum absolute atomic E-state index is 0.108. The van der Waals surface area contributed by atoms with Crippen molar-refractivity contribution in [1.82, 2.24) is 10.4 Å². The highest BCUT2D eigenvalue weighted by Crippen LogP contribution is 2.29. The Balaban J connectivity index is 2.33. The number of methoxy groups -OCH3 is 1. The van der Waals surface area contributed by atoms with Crippen molar-refractivity contribution in [1.29, 1.82) is 0 Å². The van der Waals surface area contributed by atoms with E-state index in [4.69, 9.17) is 10.6 Å². The number of pyridine rings is 1. The van der Waals surface area contributed by atoms with Crippen LogP contribution in [0.15, 0.2) is 39.4 Å². The average molecular weight is 415 g/mol. The number of halogens is 2. The fraction of sp³-hybridized carbons (Fsp3) is 0.267. The lowest BCUT2D eigenvalue weighted by molar-refractivity contribution is 0.405. The van der Waals surface area contributed by atoms with E-state index in [-0.39, 0.29) is 6.04 Å². The van der Waals surface area contributed by atoms with E-state index >= 15 is 0 Å². The highest BCUT2D eigenvalue weighted by molar-refractivity contribution is 9.11. The van der Waals surface area contributed by atoms with Crippen LogP contribution in [0, 0.1) is 6.92 Å². The van der Waals surface area contributed by atoms with Crippen LogP contribution in [-0.4, -0.2) is 12.1 Å². The second kappa shape index (κ2) is 7.35. The van der Waals surface area contributed by atoms with Crippen LogP contribution in [0.1, 0.15) is 22.9 Å². The van der Waals surface area contributed by atoms with Gasteiger partial charge in [-0.15, -0.1) is 0 Å². The normalized spacial score (nSPS) is 12.2. The molecule has 1 unspecified atom stereocenters. The van der Waals surface area contributed by atoms with Gasteiger partial charge in [-0.1, -0.05) is 17.7 Å². The maximum atomic E-state index is 5.73. The number of nitrogens with zero attached hydrogens (tertiary/aromatic N) is 1. The van der Waals surface area contributed by atoms with Gasteiger partial charge in [0.15, 0.2) is 0 Å². The van der Waals surface area contributed by atoms with Crippen molar-refractivity contribution in [3.05, 3.63) is 56.2 Å². The molecule has 0 amide bonds. The van der Waals surface area contributed by atoms with E-state index in [1.54, 1.807) is 13.3 Å². The van der Waals surface area contributed by atoms with Gasteiger partial charge in [0.2, 0.25) is 0 Å². The first-order chi connectivity index (χ1) is 10.0. The van der Waals surface area contributed by atoms with E-state index in [9.17, 15) is 0 Å². The summed E-state index contributed by atoms with van der Waals surface area (Å²) in [4.78, 5) is 4.45. The molecule has 1 aromatic heterocycles. The lowest BCUT2D eigenvalue weighted by Gasteiger charge is -2.19. The van der Waals surface area contributed by atoms with Crippen LogP contribution in [0.5, 0.6) is 5.75 Å². The predicted molar refractivity (Wildman–Crippen MR) is 91.1 cm³/mol. The number of aromatic nitrogens is 1. The molecule has 0 aliphatic carbocycles. The highest BCUT2D eigenvalue weighted by Gasteiger charge is 2.18. The maximum Gasteiger partial charge on any atom is 0.122 e. The topological polar surface area (TPSA) is 60.2 Å². The molecular weight excluding hydrogens is 398 g/mol. The SMILES string of the molecule is COc1ccc(C)cc1CC(NN)c1ncc(Br)cc1Br. The van der Waals surface area contributed by atoms with E-state index in [0.717, 1.165) is 26.0 Å². The Morgan fingerprint density at radius 2 is 2.10 bits per heavy atom. The number of benzene rings is 1. The summed E-state index contributed by atoms with van der Waals surface area (Å²) in [6.45, 7) is 2.06. The van der Waals surface area contributed by atoms with Crippen LogP contribution in [0.4, 0.5) is 0 Å². The summed E-state index contributed by atoms with van der Waals surface area (Å²) in [5, 5.41) is 0. The van der Waals surface area contributed by atoms with Gasteiger partial charge in [0.05, 0.1) is 18.8 Å². The molecule has 6 heteroatoms. The lowest BCUT2D eigenvalue weighted by atomic mass is 10.0. The molecule has 1 heterocycles. The second-order valence-electron chi connectivity index (χ2n) is 4.76. The molecule has 0 aliphatic rings. The predicted octanol–water partition coefficient (Wildman–Crippen LogP) is 3.67. The van der Waals surface area contributed by atoms with E-state index < -0.39 is 0 Å². The van der Waals surface area contributed by atoms with E-state index in [2.05, 4.69) is 55.3 Å². The number of hydrogen-bond acceptors (Lipinski definition) is 4. The highest BCUT2D eigenvalue weighted by atomic mass is 79.9. The van der Waals surface area contributed by atoms with Crippen LogP contribution >= 0.6 is 31.9 Å². The molecule has 0 spiro atoms. The summed E-state index contributed by atoms with van der Waals surface area (Å²) in [6.07, 6.45) is 2.45. The zero-order chi connectivity index (χ0) is 15.4. The maximum absolute atomic E-state index is 5.73. The van der Waals surface area contributed by atoms with Crippen molar-refractivity contribution in [3.8, 4) is 5.75 Å². The number of nitrogens with one attached hydrogen (secondary N) is 1. The number of hydrazine groups is 1. The smallest absolute Gasteiger partial charge is 0.122 e. The van der Waals surface area contributed by atoms with Crippen molar-refractivity contribution in [2.24, 2.45) is 5.84 Å². The molecule has 2 rings (SSSR count). The summed E-state index contributed by atoms with van der Waals surface area (Å²) >= 11 is 6.93. The minimum atomic E-state index is -0.108. The van der Waals surface area contributed by atoms with Gasteiger partial charge in [-0.05, 0) is 62.9 Å². The third-order valence-corrected chi connectivity index (χ3v) is 4.30. The molecule has 1 aromatic carbocycles. The number of nitrogens with two attached hydrogens (primary N) is 1. The number of ether oxygens (including phenoxy) is 1. The molecule has 0 fully saturated rings. The van der Waals surface area contributed by atoms with Gasteiger partial charge in [-0.2, -0.15) is 0 Å². The first-order valence-corrected chi connectivity index (χ1v) is 8.04. The molecule has 0 radical (unpaired) electrons. The van der Waals surface area contributed by atoms with Crippen molar-refractivity contribution >= 4 is 31.9 Å². The van der Waals surface area contributed by atoms with Crippen molar-refractivity contribution in [2.45, 2.75) is 19.4 Å². The van der Waals surface area contributed by atoms with Crippen molar-refractivity contribution in [2.75, 3.05) is 7.11 Å². The Morgan fingerprint density at radius 1 is 1.33 bits per heavy atom. The summed E-state index contributed by atoms with van der Waals surface area (Å²) < 4.78 is 7.25. The molecule has 1 atom stereocenters. The average Bonchev–Trinajstić information content (AvgIpc) is 2.45. The van der Waals surface area contributed by atoms with Crippen LogP contribution in [-0.2, 0) is 6.42 Å². The quantitative estimate of drug-likeness (QED) is 0.578. The molecular formula is C15H17Br2N3O. The summed E-state index contributed by atoms with van der Waals surface area (Å²) in [7, 11) is 1.67. The largest absolute Gasteiger partial charge is 0.496 e. The molecule has 0 aliphatic heterocycles. The van der Waals surface area contributed by atoms with Crippen molar-refractivity contribution in [3.63, 3.8) is 0 Å². The van der Waals surface area contributed by atoms with Gasteiger partial charge in [-0.3, -0.25) is 16.3 Å². The fourth-order valence-electron chi connectivity index (χ4n) is 2.20. The minimum Gasteiger partial charge on any atom is -0.496 e. The summed E-state index contributed by atoms with van der Waals surface area (Å²) in [5.74, 6) is 6.58. The first-order valence-electron chi connectivity index (χ1n) is 6.45. The van der Waals surface area contributed by atoms with Crippen LogP contribution in [0.3, 0.4) is 0 Å². The zero-order valence-corrected chi connectivity index (χ0v) is 15.0. The number of hydrogen-bond donors (Lipinski definition) is 2. The Bertz CT molecular complexity index is 634. The zero-order valence-electron chi connectivity index (χ0n) is 11.9. The molecule has 21 heavy (non-hydrogen) atoms. The monoisotopic (exact) mass is 413 g/mol. The molecule has 2 aromatic rings. The molecule has 112 valence electrons. The van der Waals surface area contributed by atoms with Gasteiger partial charge in [-0.25, -0.2) is 0 Å². The van der Waals surface area contributed by atoms with Gasteiger partial charge in [0.1, 0.15) is 5.75 Å². The van der Waals surface area contributed by atoms with Crippen LogP contribution in [0.25, 0.3) is 0 Å². The molecule has 0 saturated carbocycles. The molecule has 3 N–H and O–H groups in total. The van der Waals surface area contributed by atoms with Crippen LogP contribution in [0.2, 0.25) is 0 Å². The Morgan fingerprint density at radius 3 is 2.71 bits per heavy atom. The molecule has 0 bridgehead atoms. The fourth-order valence-corrected chi connectivity index (χ4v) is 3.47. The third kappa shape index (κ3) is 4.03. The van der Waals surface area contributed by atoms with Gasteiger partial charge < -0.3 is 4.74 Å². The van der Waals surface area contributed by atoms with E-state index in [1.807, 2.05) is 18.2 Å². The Kier molecular flexibility index (Phi) is 5.75. The van der Waals surface area contributed by atoms with Gasteiger partial charge in [0, 0.05) is 15.1 Å². The van der Waals surface area contributed by atoms with Gasteiger partial charge in [0.25, 0.3) is 0 Å². The van der Waals surface area contributed by atoms with E-state index in [1.165, 1.54) is 5.56 Å². The number of rotatable bonds is 5. The number of aryl methyl sites for hydroxylation is 1. The van der Waals surface area contributed by atoms with Gasteiger partial charge >= 0.3 is 0 Å². The standard InChI is InChI=1S/C15H17Br2N3O/c1-9-3-4-14(21-2)10(5-9)6-13(20-18)15-12(17)7-11(16)8-19-15/h3-5,7-8,13,20H,6,18H2,1-2H3. The summed E-state index contributed by atoms with van der Waals surface area (Å²) in [5.41, 5.74) is 5.98. The third-order valence-electron chi connectivity index (χ3n) is 3.23. The van der Waals surface area contributed by atoms with E-state index in [0.29, 0.717) is 6.42 Å². The summed E-state index contributed by atoms with van der Waals surface area (Å²) in [6, 6.07) is 7.96. The molecule has 4 nitrogen and oxygen atoms in total.